The number of nitrogens with one attached hydrogen (secondary N) is 1. The number of nitrogens with zero attached hydrogens (tertiary/aromatic N) is 2. The Kier molecular flexibility index (Phi) is 6.81. The van der Waals surface area contributed by atoms with Gasteiger partial charge in [-0.2, -0.15) is 0 Å². The maximum atomic E-state index is 12.4. The van der Waals surface area contributed by atoms with Crippen LogP contribution in [0.25, 0.3) is 11.0 Å². The molecule has 0 aliphatic heterocycles. The summed E-state index contributed by atoms with van der Waals surface area (Å²) in [6.07, 6.45) is 3.29. The molecule has 0 unspecified atom stereocenters. The zero-order valence-corrected chi connectivity index (χ0v) is 18.9. The molecule has 0 aliphatic carbocycles. The van der Waals surface area contributed by atoms with E-state index in [-0.39, 0.29) is 17.7 Å². The third-order valence-electron chi connectivity index (χ3n) is 5.34. The minimum atomic E-state index is -0.270. The van der Waals surface area contributed by atoms with Crippen LogP contribution < -0.4 is 10.1 Å². The number of hydrogen-bond donors (Lipinski definition) is 1. The SMILES string of the molecule is Cc1cc(OCCCCn2c([C@@H](C)NC(=O)c3ccco3)nc3ccccc32)ccc1Cl. The summed E-state index contributed by atoms with van der Waals surface area (Å²) in [6.45, 7) is 5.30. The lowest BCUT2D eigenvalue weighted by molar-refractivity contribution is 0.0909. The Morgan fingerprint density at radius 3 is 2.81 bits per heavy atom. The van der Waals surface area contributed by atoms with Crippen molar-refractivity contribution in [3.05, 3.63) is 83.0 Å². The monoisotopic (exact) mass is 451 g/mol. The molecule has 1 atom stereocenters. The average Bonchev–Trinajstić information content (AvgIpc) is 3.44. The maximum absolute atomic E-state index is 12.4. The normalized spacial score (nSPS) is 12.1. The summed E-state index contributed by atoms with van der Waals surface area (Å²) >= 11 is 6.07. The predicted molar refractivity (Wildman–Crippen MR) is 125 cm³/mol. The van der Waals surface area contributed by atoms with E-state index in [0.717, 1.165) is 52.6 Å². The van der Waals surface area contributed by atoms with Gasteiger partial charge in [-0.25, -0.2) is 4.98 Å². The first kappa shape index (κ1) is 22.0. The molecule has 0 saturated heterocycles. The van der Waals surface area contributed by atoms with Crippen molar-refractivity contribution < 1.29 is 13.9 Å². The fraction of sp³-hybridized carbons (Fsp3) is 0.280. The van der Waals surface area contributed by atoms with Gasteiger partial charge in [-0.3, -0.25) is 4.79 Å². The molecule has 4 aromatic rings. The largest absolute Gasteiger partial charge is 0.494 e. The number of imidazole rings is 1. The van der Waals surface area contributed by atoms with E-state index in [1.165, 1.54) is 6.26 Å². The topological polar surface area (TPSA) is 69.3 Å². The maximum Gasteiger partial charge on any atom is 0.287 e. The fourth-order valence-electron chi connectivity index (χ4n) is 3.67. The van der Waals surface area contributed by atoms with Crippen LogP contribution in [0, 0.1) is 6.92 Å². The van der Waals surface area contributed by atoms with Gasteiger partial charge in [-0.1, -0.05) is 23.7 Å². The molecular formula is C25H26ClN3O3. The number of halogens is 1. The number of carbonyl (C=O) groups excluding carboxylic acids is 1. The zero-order chi connectivity index (χ0) is 22.5. The van der Waals surface area contributed by atoms with Crippen molar-refractivity contribution in [3.63, 3.8) is 0 Å². The Balaban J connectivity index is 1.40. The lowest BCUT2D eigenvalue weighted by Gasteiger charge is -2.16. The number of carbonyl (C=O) groups is 1. The van der Waals surface area contributed by atoms with E-state index >= 15 is 0 Å². The number of benzene rings is 2. The van der Waals surface area contributed by atoms with Gasteiger partial charge in [0.1, 0.15) is 11.6 Å². The lowest BCUT2D eigenvalue weighted by Crippen LogP contribution is -2.28. The van der Waals surface area contributed by atoms with Crippen LogP contribution in [0.2, 0.25) is 5.02 Å². The number of rotatable bonds is 9. The minimum absolute atomic E-state index is 0.257. The molecule has 0 saturated carbocycles. The van der Waals surface area contributed by atoms with Crippen molar-refractivity contribution in [3.8, 4) is 5.75 Å². The molecule has 0 spiro atoms. The number of furan rings is 1. The van der Waals surface area contributed by atoms with Gasteiger partial charge in [-0.05, 0) is 74.7 Å². The van der Waals surface area contributed by atoms with Gasteiger partial charge in [0.25, 0.3) is 5.91 Å². The molecule has 0 fully saturated rings. The van der Waals surface area contributed by atoms with Gasteiger partial charge in [0.15, 0.2) is 5.76 Å². The molecule has 1 amide bonds. The summed E-state index contributed by atoms with van der Waals surface area (Å²) < 4.78 is 13.2. The predicted octanol–water partition coefficient (Wildman–Crippen LogP) is 5.94. The Hall–Kier alpha value is -3.25. The van der Waals surface area contributed by atoms with E-state index < -0.39 is 0 Å². The molecule has 0 radical (unpaired) electrons. The van der Waals surface area contributed by atoms with E-state index in [0.29, 0.717) is 6.61 Å². The number of fused-ring (bicyclic) bond motifs is 1. The van der Waals surface area contributed by atoms with Crippen molar-refractivity contribution in [1.29, 1.82) is 0 Å². The summed E-state index contributed by atoms with van der Waals surface area (Å²) in [6, 6.07) is 16.8. The molecule has 2 aromatic carbocycles. The van der Waals surface area contributed by atoms with Crippen LogP contribution in [0.3, 0.4) is 0 Å². The molecule has 2 heterocycles. The van der Waals surface area contributed by atoms with E-state index in [4.69, 9.17) is 25.7 Å². The molecule has 7 heteroatoms. The Morgan fingerprint density at radius 1 is 1.19 bits per heavy atom. The van der Waals surface area contributed by atoms with Gasteiger partial charge in [0, 0.05) is 11.6 Å². The minimum Gasteiger partial charge on any atom is -0.494 e. The first-order valence-electron chi connectivity index (χ1n) is 10.7. The highest BCUT2D eigenvalue weighted by atomic mass is 35.5. The quantitative estimate of drug-likeness (QED) is 0.319. The second-order valence-electron chi connectivity index (χ2n) is 7.75. The lowest BCUT2D eigenvalue weighted by atomic mass is 10.2. The Morgan fingerprint density at radius 2 is 2.03 bits per heavy atom. The number of unbranched alkanes of at least 4 members (excludes halogenated alkanes) is 1. The molecule has 6 nitrogen and oxygen atoms in total. The van der Waals surface area contributed by atoms with Gasteiger partial charge in [0.05, 0.1) is 29.9 Å². The number of aromatic nitrogens is 2. The van der Waals surface area contributed by atoms with Crippen LogP contribution in [-0.2, 0) is 6.54 Å². The molecule has 32 heavy (non-hydrogen) atoms. The first-order chi connectivity index (χ1) is 15.5. The van der Waals surface area contributed by atoms with E-state index in [9.17, 15) is 4.79 Å². The highest BCUT2D eigenvalue weighted by Gasteiger charge is 2.20. The van der Waals surface area contributed by atoms with E-state index in [1.807, 2.05) is 50.2 Å². The Labute approximate surface area is 192 Å². The second-order valence-corrected chi connectivity index (χ2v) is 8.16. The smallest absolute Gasteiger partial charge is 0.287 e. The molecular weight excluding hydrogens is 426 g/mol. The number of amides is 1. The molecule has 0 aliphatic rings. The highest BCUT2D eigenvalue weighted by Crippen LogP contribution is 2.23. The van der Waals surface area contributed by atoms with Crippen LogP contribution in [0.5, 0.6) is 5.75 Å². The van der Waals surface area contributed by atoms with Crippen molar-refractivity contribution in [2.45, 2.75) is 39.3 Å². The molecule has 2 aromatic heterocycles. The summed E-state index contributed by atoms with van der Waals surface area (Å²) in [7, 11) is 0. The molecule has 4 rings (SSSR count). The van der Waals surface area contributed by atoms with Crippen molar-refractivity contribution >= 4 is 28.5 Å². The van der Waals surface area contributed by atoms with Crippen LogP contribution in [-0.4, -0.2) is 22.1 Å². The number of para-hydroxylation sites is 2. The summed E-state index contributed by atoms with van der Waals surface area (Å²) in [4.78, 5) is 17.2. The number of ether oxygens (including phenoxy) is 1. The van der Waals surface area contributed by atoms with Gasteiger partial charge < -0.3 is 19.0 Å². The van der Waals surface area contributed by atoms with Crippen LogP contribution >= 0.6 is 11.6 Å². The fourth-order valence-corrected chi connectivity index (χ4v) is 3.79. The van der Waals surface area contributed by atoms with Crippen LogP contribution in [0.4, 0.5) is 0 Å². The first-order valence-corrected chi connectivity index (χ1v) is 11.1. The summed E-state index contributed by atoms with van der Waals surface area (Å²) in [5.74, 6) is 1.68. The second kappa shape index (κ2) is 9.92. The summed E-state index contributed by atoms with van der Waals surface area (Å²) in [5.41, 5.74) is 2.97. The Bertz CT molecular complexity index is 1200. The van der Waals surface area contributed by atoms with Gasteiger partial charge in [-0.15, -0.1) is 0 Å². The van der Waals surface area contributed by atoms with Crippen LogP contribution in [0.1, 0.15) is 47.7 Å². The molecule has 166 valence electrons. The highest BCUT2D eigenvalue weighted by molar-refractivity contribution is 6.31. The van der Waals surface area contributed by atoms with E-state index in [1.54, 1.807) is 12.1 Å². The third kappa shape index (κ3) is 4.97. The van der Waals surface area contributed by atoms with Crippen molar-refractivity contribution in [2.75, 3.05) is 6.61 Å². The number of aryl methyl sites for hydroxylation is 2. The third-order valence-corrected chi connectivity index (χ3v) is 5.76. The van der Waals surface area contributed by atoms with Gasteiger partial charge >= 0.3 is 0 Å². The molecule has 0 bridgehead atoms. The number of hydrogen-bond acceptors (Lipinski definition) is 4. The summed E-state index contributed by atoms with van der Waals surface area (Å²) in [5, 5.41) is 3.72. The van der Waals surface area contributed by atoms with Crippen molar-refractivity contribution in [1.82, 2.24) is 14.9 Å². The van der Waals surface area contributed by atoms with Crippen molar-refractivity contribution in [2.24, 2.45) is 0 Å². The van der Waals surface area contributed by atoms with Gasteiger partial charge in [0.2, 0.25) is 0 Å². The molecule has 1 N–H and O–H groups in total. The standard InChI is InChI=1S/C25H26ClN3O3/c1-17-16-19(11-12-20(17)26)31-14-6-5-13-29-22-9-4-3-8-21(22)28-24(29)18(2)27-25(30)23-10-7-15-32-23/h3-4,7-12,15-16,18H,5-6,13-14H2,1-2H3,(H,27,30)/t18-/m1/s1. The van der Waals surface area contributed by atoms with Crippen LogP contribution in [0.15, 0.2) is 65.3 Å². The average molecular weight is 452 g/mol. The van der Waals surface area contributed by atoms with E-state index in [2.05, 4.69) is 16.0 Å². The zero-order valence-electron chi connectivity index (χ0n) is 18.2.